The lowest BCUT2D eigenvalue weighted by molar-refractivity contribution is -0.121. The second-order valence-corrected chi connectivity index (χ2v) is 4.63. The minimum atomic E-state index is -0.956. The lowest BCUT2D eigenvalue weighted by Crippen LogP contribution is -2.46. The average molecular weight is 306 g/mol. The first-order chi connectivity index (χ1) is 10.5. The highest BCUT2D eigenvalue weighted by Gasteiger charge is 2.23. The second-order valence-electron chi connectivity index (χ2n) is 4.63. The Morgan fingerprint density at radius 2 is 2.14 bits per heavy atom. The Kier molecular flexibility index (Phi) is 4.41. The van der Waals surface area contributed by atoms with Crippen LogP contribution in [0.25, 0.3) is 0 Å². The standard InChI is InChI=1S/C13H14N4O5/c1-2-22-12(20)15-10(18)7-17-11(19)8(6-14)9-4-3-5-16(9)13(17)21/h2-5,7H2,1H3,(H,15,18,20). The maximum atomic E-state index is 12.2. The number of imide groups is 1. The topological polar surface area (TPSA) is 123 Å². The van der Waals surface area contributed by atoms with Crippen LogP contribution < -0.4 is 16.6 Å². The zero-order chi connectivity index (χ0) is 16.3. The minimum absolute atomic E-state index is 0.0825. The number of amides is 2. The summed E-state index contributed by atoms with van der Waals surface area (Å²) in [5.41, 5.74) is -1.21. The van der Waals surface area contributed by atoms with Gasteiger partial charge in [0.05, 0.1) is 6.61 Å². The van der Waals surface area contributed by atoms with Crippen LogP contribution in [0.5, 0.6) is 0 Å². The first-order valence-corrected chi connectivity index (χ1v) is 6.72. The third-order valence-electron chi connectivity index (χ3n) is 3.26. The predicted molar refractivity (Wildman–Crippen MR) is 73.2 cm³/mol. The second kappa shape index (κ2) is 6.26. The molecule has 0 aliphatic carbocycles. The molecule has 0 atom stereocenters. The van der Waals surface area contributed by atoms with E-state index >= 15 is 0 Å². The molecule has 0 aromatic carbocycles. The predicted octanol–water partition coefficient (Wildman–Crippen LogP) is -0.899. The minimum Gasteiger partial charge on any atom is -0.450 e. The third-order valence-corrected chi connectivity index (χ3v) is 3.26. The molecule has 2 rings (SSSR count). The van der Waals surface area contributed by atoms with Crippen molar-refractivity contribution in [2.24, 2.45) is 0 Å². The summed E-state index contributed by atoms with van der Waals surface area (Å²) in [6.45, 7) is 1.40. The van der Waals surface area contributed by atoms with Crippen molar-refractivity contribution in [3.05, 3.63) is 32.1 Å². The summed E-state index contributed by atoms with van der Waals surface area (Å²) >= 11 is 0. The molecule has 9 nitrogen and oxygen atoms in total. The zero-order valence-electron chi connectivity index (χ0n) is 11.9. The van der Waals surface area contributed by atoms with Gasteiger partial charge in [-0.2, -0.15) is 5.26 Å². The molecule has 0 bridgehead atoms. The van der Waals surface area contributed by atoms with Crippen LogP contribution in [-0.2, 0) is 29.0 Å². The van der Waals surface area contributed by atoms with Gasteiger partial charge in [-0.25, -0.2) is 14.2 Å². The fraction of sp³-hybridized carbons (Fsp3) is 0.462. The average Bonchev–Trinajstić information content (AvgIpc) is 2.93. The molecule has 2 heterocycles. The quantitative estimate of drug-likeness (QED) is 0.772. The van der Waals surface area contributed by atoms with E-state index in [1.165, 1.54) is 4.57 Å². The number of aromatic nitrogens is 2. The normalized spacial score (nSPS) is 12.4. The van der Waals surface area contributed by atoms with Crippen LogP contribution in [0, 0.1) is 11.3 Å². The molecule has 1 aliphatic heterocycles. The fourth-order valence-corrected chi connectivity index (χ4v) is 2.35. The Morgan fingerprint density at radius 1 is 1.41 bits per heavy atom. The van der Waals surface area contributed by atoms with Crippen molar-refractivity contribution in [2.75, 3.05) is 6.61 Å². The van der Waals surface area contributed by atoms with Crippen molar-refractivity contribution in [1.29, 1.82) is 5.26 Å². The van der Waals surface area contributed by atoms with Gasteiger partial charge < -0.3 is 4.74 Å². The zero-order valence-corrected chi connectivity index (χ0v) is 11.9. The Labute approximate surface area is 124 Å². The summed E-state index contributed by atoms with van der Waals surface area (Å²) < 4.78 is 6.51. The number of rotatable bonds is 3. The largest absolute Gasteiger partial charge is 0.450 e. The maximum Gasteiger partial charge on any atom is 0.413 e. The summed E-state index contributed by atoms with van der Waals surface area (Å²) in [5, 5.41) is 11.0. The highest BCUT2D eigenvalue weighted by Crippen LogP contribution is 2.12. The first-order valence-electron chi connectivity index (χ1n) is 6.72. The Bertz CT molecular complexity index is 783. The van der Waals surface area contributed by atoms with E-state index in [-0.39, 0.29) is 12.2 Å². The summed E-state index contributed by atoms with van der Waals surface area (Å²) in [6.07, 6.45) is 0.174. The molecular formula is C13H14N4O5. The number of nitrogens with zero attached hydrogens (tertiary/aromatic N) is 3. The molecule has 9 heteroatoms. The molecule has 0 saturated heterocycles. The van der Waals surface area contributed by atoms with E-state index < -0.39 is 29.8 Å². The van der Waals surface area contributed by atoms with E-state index in [2.05, 4.69) is 4.74 Å². The smallest absolute Gasteiger partial charge is 0.413 e. The maximum absolute atomic E-state index is 12.2. The van der Waals surface area contributed by atoms with E-state index in [9.17, 15) is 19.2 Å². The summed E-state index contributed by atoms with van der Waals surface area (Å²) in [4.78, 5) is 47.2. The lowest BCUT2D eigenvalue weighted by Gasteiger charge is -2.10. The number of nitriles is 1. The molecule has 0 saturated carbocycles. The summed E-state index contributed by atoms with van der Waals surface area (Å²) in [7, 11) is 0. The molecule has 1 aromatic heterocycles. The Hall–Kier alpha value is -2.89. The molecule has 0 unspecified atom stereocenters. The van der Waals surface area contributed by atoms with Crippen LogP contribution in [0.4, 0.5) is 4.79 Å². The molecule has 1 aromatic rings. The molecule has 1 aliphatic rings. The number of ether oxygens (including phenoxy) is 1. The van der Waals surface area contributed by atoms with Crippen LogP contribution in [0.2, 0.25) is 0 Å². The van der Waals surface area contributed by atoms with Gasteiger partial charge in [0, 0.05) is 12.2 Å². The van der Waals surface area contributed by atoms with Crippen LogP contribution in [-0.4, -0.2) is 27.7 Å². The highest BCUT2D eigenvalue weighted by atomic mass is 16.5. The number of carbonyl (C=O) groups is 2. The number of carbonyl (C=O) groups excluding carboxylic acids is 2. The fourth-order valence-electron chi connectivity index (χ4n) is 2.35. The van der Waals surface area contributed by atoms with Gasteiger partial charge in [0.2, 0.25) is 5.91 Å². The molecule has 0 fully saturated rings. The van der Waals surface area contributed by atoms with E-state index in [1.54, 1.807) is 13.0 Å². The van der Waals surface area contributed by atoms with Gasteiger partial charge in [0.25, 0.3) is 5.56 Å². The van der Waals surface area contributed by atoms with E-state index in [0.29, 0.717) is 29.6 Å². The monoisotopic (exact) mass is 306 g/mol. The van der Waals surface area contributed by atoms with Gasteiger partial charge in [-0.05, 0) is 19.8 Å². The van der Waals surface area contributed by atoms with Gasteiger partial charge in [-0.1, -0.05) is 0 Å². The van der Waals surface area contributed by atoms with Crippen molar-refractivity contribution in [2.45, 2.75) is 32.9 Å². The van der Waals surface area contributed by atoms with Crippen LogP contribution >= 0.6 is 0 Å². The van der Waals surface area contributed by atoms with Gasteiger partial charge in [0.1, 0.15) is 18.2 Å². The van der Waals surface area contributed by atoms with Crippen LogP contribution in [0.1, 0.15) is 24.6 Å². The van der Waals surface area contributed by atoms with E-state index in [4.69, 9.17) is 5.26 Å². The number of hydrogen-bond acceptors (Lipinski definition) is 6. The third kappa shape index (κ3) is 2.76. The van der Waals surface area contributed by atoms with Crippen molar-refractivity contribution >= 4 is 12.0 Å². The summed E-state index contributed by atoms with van der Waals surface area (Å²) in [6, 6.07) is 1.78. The van der Waals surface area contributed by atoms with E-state index in [1.807, 2.05) is 5.32 Å². The van der Waals surface area contributed by atoms with Crippen LogP contribution in [0.15, 0.2) is 9.59 Å². The Morgan fingerprint density at radius 3 is 2.77 bits per heavy atom. The molecular weight excluding hydrogens is 292 g/mol. The molecule has 116 valence electrons. The molecule has 22 heavy (non-hydrogen) atoms. The number of alkyl carbamates (subject to hydrolysis) is 1. The van der Waals surface area contributed by atoms with Gasteiger partial charge in [-0.3, -0.25) is 19.5 Å². The summed E-state index contributed by atoms with van der Waals surface area (Å²) in [5.74, 6) is -0.861. The SMILES string of the molecule is CCOC(=O)NC(=O)Cn1c(=O)c(C#N)c2n(c1=O)CCC2. The van der Waals surface area contributed by atoms with E-state index in [0.717, 1.165) is 0 Å². The van der Waals surface area contributed by atoms with Crippen molar-refractivity contribution < 1.29 is 14.3 Å². The highest BCUT2D eigenvalue weighted by molar-refractivity contribution is 5.91. The number of hydrogen-bond donors (Lipinski definition) is 1. The lowest BCUT2D eigenvalue weighted by atomic mass is 10.2. The number of nitrogens with one attached hydrogen (secondary N) is 1. The van der Waals surface area contributed by atoms with Crippen molar-refractivity contribution in [3.63, 3.8) is 0 Å². The van der Waals surface area contributed by atoms with Crippen molar-refractivity contribution in [3.8, 4) is 6.07 Å². The molecule has 2 amide bonds. The number of fused-ring (bicyclic) bond motifs is 1. The molecule has 0 spiro atoms. The first kappa shape index (κ1) is 15.5. The van der Waals surface area contributed by atoms with Gasteiger partial charge in [-0.15, -0.1) is 0 Å². The van der Waals surface area contributed by atoms with Gasteiger partial charge in [0.15, 0.2) is 0 Å². The van der Waals surface area contributed by atoms with Gasteiger partial charge >= 0.3 is 11.8 Å². The molecule has 0 radical (unpaired) electrons. The van der Waals surface area contributed by atoms with Crippen molar-refractivity contribution in [1.82, 2.24) is 14.5 Å². The van der Waals surface area contributed by atoms with Crippen LogP contribution in [0.3, 0.4) is 0 Å². The Balaban J connectivity index is 2.35. The molecule has 1 N–H and O–H groups in total.